The van der Waals surface area contributed by atoms with Crippen LogP contribution in [0.3, 0.4) is 0 Å². The van der Waals surface area contributed by atoms with Gasteiger partial charge in [0.1, 0.15) is 17.9 Å². The van der Waals surface area contributed by atoms with E-state index in [4.69, 9.17) is 14.2 Å². The van der Waals surface area contributed by atoms with Crippen LogP contribution < -0.4 is 4.74 Å². The number of hydrogen-bond acceptors (Lipinski definition) is 6. The van der Waals surface area contributed by atoms with Crippen LogP contribution in [0, 0.1) is 6.67 Å². The van der Waals surface area contributed by atoms with E-state index < -0.39 is 0 Å². The van der Waals surface area contributed by atoms with Crippen molar-refractivity contribution in [2.45, 2.75) is 96.8 Å². The number of unbranched alkanes of at least 4 members (excludes halogenated alkanes) is 13. The van der Waals surface area contributed by atoms with Gasteiger partial charge in [-0.1, -0.05) is 109 Å². The van der Waals surface area contributed by atoms with Gasteiger partial charge < -0.3 is 24.0 Å². The van der Waals surface area contributed by atoms with Gasteiger partial charge in [-0.3, -0.25) is 4.98 Å². The molecule has 222 valence electrons. The second-order valence-electron chi connectivity index (χ2n) is 10.8. The summed E-state index contributed by atoms with van der Waals surface area (Å²) < 4.78 is 17.2. The zero-order chi connectivity index (χ0) is 27.9. The van der Waals surface area contributed by atoms with Crippen molar-refractivity contribution in [2.24, 2.45) is 0 Å². The molecule has 2 heterocycles. The SMILES string of the molecule is CCCCCCCCCCCCCCCCN1[C]N(CCOCCOCCOc2cccc3cccnc23)C=C1. The molecule has 0 N–H and O–H groups in total. The Morgan fingerprint density at radius 3 is 1.90 bits per heavy atom. The van der Waals surface area contributed by atoms with Crippen molar-refractivity contribution in [1.29, 1.82) is 0 Å². The summed E-state index contributed by atoms with van der Waals surface area (Å²) in [6.45, 7) is 10.4. The van der Waals surface area contributed by atoms with Crippen LogP contribution in [-0.4, -0.2) is 60.9 Å². The highest BCUT2D eigenvalue weighted by Gasteiger charge is 2.13. The number of fused-ring (bicyclic) bond motifs is 1. The number of benzene rings is 1. The molecule has 0 unspecified atom stereocenters. The third kappa shape index (κ3) is 13.8. The van der Waals surface area contributed by atoms with Gasteiger partial charge in [-0.2, -0.15) is 0 Å². The van der Waals surface area contributed by atoms with E-state index in [1.54, 1.807) is 6.20 Å². The Balaban J connectivity index is 1.05. The average molecular weight is 552 g/mol. The van der Waals surface area contributed by atoms with Gasteiger partial charge >= 0.3 is 0 Å². The smallest absolute Gasteiger partial charge is 0.207 e. The summed E-state index contributed by atoms with van der Waals surface area (Å²) in [5.41, 5.74) is 0.885. The third-order valence-electron chi connectivity index (χ3n) is 7.37. The van der Waals surface area contributed by atoms with Crippen molar-refractivity contribution in [2.75, 3.05) is 46.1 Å². The van der Waals surface area contributed by atoms with Gasteiger partial charge in [0.15, 0.2) is 0 Å². The van der Waals surface area contributed by atoms with E-state index in [9.17, 15) is 0 Å². The first kappa shape index (κ1) is 32.2. The Morgan fingerprint density at radius 2 is 1.20 bits per heavy atom. The van der Waals surface area contributed by atoms with Crippen LogP contribution >= 0.6 is 0 Å². The minimum absolute atomic E-state index is 0.493. The number of rotatable bonds is 25. The van der Waals surface area contributed by atoms with Gasteiger partial charge in [0.25, 0.3) is 0 Å². The van der Waals surface area contributed by atoms with Crippen LogP contribution in [0.4, 0.5) is 0 Å². The highest BCUT2D eigenvalue weighted by Crippen LogP contribution is 2.22. The molecular weight excluding hydrogens is 498 g/mol. The predicted octanol–water partition coefficient (Wildman–Crippen LogP) is 8.21. The molecule has 0 spiro atoms. The summed E-state index contributed by atoms with van der Waals surface area (Å²) in [7, 11) is 0. The first-order valence-electron chi connectivity index (χ1n) is 16.0. The Kier molecular flexibility index (Phi) is 17.3. The molecule has 40 heavy (non-hydrogen) atoms. The lowest BCUT2D eigenvalue weighted by Gasteiger charge is -2.18. The molecule has 1 aromatic heterocycles. The zero-order valence-corrected chi connectivity index (χ0v) is 25.0. The van der Waals surface area contributed by atoms with E-state index >= 15 is 0 Å². The summed E-state index contributed by atoms with van der Waals surface area (Å²) in [4.78, 5) is 8.67. The van der Waals surface area contributed by atoms with Crippen molar-refractivity contribution in [3.63, 3.8) is 0 Å². The number of pyridine rings is 1. The van der Waals surface area contributed by atoms with E-state index in [2.05, 4.69) is 40.8 Å². The standard InChI is InChI=1S/C34H53N3O3/c1-2-3-4-5-6-7-8-9-10-11-12-13-14-15-22-36-23-24-37(31-36)25-26-38-27-28-39-29-30-40-33-20-16-18-32-19-17-21-35-34(32)33/h16-21,23-24H,2-15,22,25-30H2,1H3. The van der Waals surface area contributed by atoms with Crippen LogP contribution in [-0.2, 0) is 9.47 Å². The molecule has 1 aliphatic rings. The summed E-state index contributed by atoms with van der Waals surface area (Å²) in [6, 6.07) is 9.94. The number of hydrogen-bond donors (Lipinski definition) is 0. The van der Waals surface area contributed by atoms with Gasteiger partial charge in [0, 0.05) is 37.1 Å². The molecule has 0 fully saturated rings. The predicted molar refractivity (Wildman–Crippen MR) is 165 cm³/mol. The molecule has 2 radical (unpaired) electrons. The first-order chi connectivity index (χ1) is 19.9. The fourth-order valence-electron chi connectivity index (χ4n) is 5.01. The molecule has 6 heteroatoms. The number of aromatic nitrogens is 1. The van der Waals surface area contributed by atoms with E-state index in [-0.39, 0.29) is 0 Å². The minimum Gasteiger partial charge on any atom is -0.489 e. The van der Waals surface area contributed by atoms with Gasteiger partial charge in [-0.05, 0) is 18.6 Å². The summed E-state index contributed by atoms with van der Waals surface area (Å²) >= 11 is 0. The molecule has 0 bridgehead atoms. The molecule has 2 aromatic rings. The van der Waals surface area contributed by atoms with Crippen molar-refractivity contribution >= 4 is 10.9 Å². The van der Waals surface area contributed by atoms with E-state index in [0.717, 1.165) is 29.7 Å². The lowest BCUT2D eigenvalue weighted by Crippen LogP contribution is -2.24. The highest BCUT2D eigenvalue weighted by atomic mass is 16.5. The zero-order valence-electron chi connectivity index (χ0n) is 25.0. The van der Waals surface area contributed by atoms with Gasteiger partial charge in [-0.25, -0.2) is 0 Å². The molecule has 0 atom stereocenters. The number of para-hydroxylation sites is 1. The molecular formula is C34H53N3O3. The van der Waals surface area contributed by atoms with Crippen LogP contribution in [0.15, 0.2) is 48.9 Å². The Bertz CT molecular complexity index is 917. The molecule has 1 aromatic carbocycles. The Labute approximate surface area is 244 Å². The van der Waals surface area contributed by atoms with Crippen LogP contribution in [0.2, 0.25) is 0 Å². The van der Waals surface area contributed by atoms with Crippen LogP contribution in [0.1, 0.15) is 96.8 Å². The molecule has 0 saturated carbocycles. The van der Waals surface area contributed by atoms with Gasteiger partial charge in [0.2, 0.25) is 6.67 Å². The van der Waals surface area contributed by atoms with Gasteiger partial charge in [-0.15, -0.1) is 0 Å². The summed E-state index contributed by atoms with van der Waals surface area (Å²) in [6.07, 6.45) is 25.5. The molecule has 0 saturated heterocycles. The average Bonchev–Trinajstić information content (AvgIpc) is 3.44. The third-order valence-corrected chi connectivity index (χ3v) is 7.37. The largest absolute Gasteiger partial charge is 0.489 e. The van der Waals surface area contributed by atoms with E-state index in [1.165, 1.54) is 89.9 Å². The summed E-state index contributed by atoms with van der Waals surface area (Å²) in [5, 5.41) is 1.08. The second kappa shape index (κ2) is 21.4. The monoisotopic (exact) mass is 551 g/mol. The number of ether oxygens (including phenoxy) is 3. The van der Waals surface area contributed by atoms with Crippen molar-refractivity contribution < 1.29 is 14.2 Å². The highest BCUT2D eigenvalue weighted by molar-refractivity contribution is 5.84. The molecule has 1 aliphatic heterocycles. The topological polar surface area (TPSA) is 47.1 Å². The Morgan fingerprint density at radius 1 is 0.625 bits per heavy atom. The maximum Gasteiger partial charge on any atom is 0.207 e. The van der Waals surface area contributed by atoms with E-state index in [1.807, 2.05) is 30.3 Å². The molecule has 6 nitrogen and oxygen atoms in total. The van der Waals surface area contributed by atoms with Crippen molar-refractivity contribution in [3.8, 4) is 5.75 Å². The summed E-state index contributed by atoms with van der Waals surface area (Å²) in [5.74, 6) is 0.794. The minimum atomic E-state index is 0.493. The lowest BCUT2D eigenvalue weighted by molar-refractivity contribution is 0.0332. The molecule has 3 rings (SSSR count). The van der Waals surface area contributed by atoms with Gasteiger partial charge in [0.05, 0.1) is 26.4 Å². The first-order valence-corrected chi connectivity index (χ1v) is 16.0. The maximum absolute atomic E-state index is 5.85. The van der Waals surface area contributed by atoms with Crippen LogP contribution in [0.5, 0.6) is 5.75 Å². The molecule has 0 amide bonds. The quantitative estimate of drug-likeness (QED) is 0.116. The van der Waals surface area contributed by atoms with Crippen LogP contribution in [0.25, 0.3) is 10.9 Å². The van der Waals surface area contributed by atoms with E-state index in [0.29, 0.717) is 33.0 Å². The normalized spacial score (nSPS) is 13.1. The molecule has 0 aliphatic carbocycles. The van der Waals surface area contributed by atoms with Crippen molar-refractivity contribution in [3.05, 3.63) is 55.6 Å². The maximum atomic E-state index is 5.85. The Hall–Kier alpha value is -2.31. The lowest BCUT2D eigenvalue weighted by atomic mass is 10.0. The number of nitrogens with zero attached hydrogens (tertiary/aromatic N) is 3. The fourth-order valence-corrected chi connectivity index (χ4v) is 5.01. The van der Waals surface area contributed by atoms with Crippen molar-refractivity contribution in [1.82, 2.24) is 14.8 Å². The fraction of sp³-hybridized carbons (Fsp3) is 0.647. The second-order valence-corrected chi connectivity index (χ2v) is 10.8.